The fraction of sp³-hybridized carbons (Fsp3) is 0.800. The fourth-order valence-electron chi connectivity index (χ4n) is 2.22. The number of hydrogen-bond acceptors (Lipinski definition) is 2. The summed E-state index contributed by atoms with van der Waals surface area (Å²) in [6.07, 6.45) is 4.49. The van der Waals surface area contributed by atoms with Crippen LogP contribution in [0.5, 0.6) is 0 Å². The molecule has 0 bridgehead atoms. The predicted octanol–water partition coefficient (Wildman–Crippen LogP) is 2.94. The molecule has 78 valence electrons. The molecule has 1 heterocycles. The lowest BCUT2D eigenvalue weighted by atomic mass is 9.83. The van der Waals surface area contributed by atoms with Gasteiger partial charge in [0.1, 0.15) is 6.33 Å². The number of hydrogen-bond donors (Lipinski definition) is 1. The molecule has 1 aliphatic carbocycles. The Hall–Kier alpha value is -0.640. The summed E-state index contributed by atoms with van der Waals surface area (Å²) in [4.78, 5) is 0. The number of nitrogens with zero attached hydrogens (tertiary/aromatic N) is 2. The Morgan fingerprint density at radius 3 is 2.57 bits per heavy atom. The second-order valence-corrected chi connectivity index (χ2v) is 5.60. The van der Waals surface area contributed by atoms with E-state index in [9.17, 15) is 0 Å². The highest BCUT2D eigenvalue weighted by molar-refractivity contribution is 7.71. The van der Waals surface area contributed by atoms with Gasteiger partial charge in [-0.3, -0.25) is 5.10 Å². The Kier molecular flexibility index (Phi) is 2.26. The first kappa shape index (κ1) is 9.90. The van der Waals surface area contributed by atoms with Gasteiger partial charge in [0.2, 0.25) is 0 Å². The van der Waals surface area contributed by atoms with Crippen molar-refractivity contribution in [1.29, 1.82) is 0 Å². The molecule has 1 aromatic rings. The van der Waals surface area contributed by atoms with Crippen molar-refractivity contribution in [2.75, 3.05) is 0 Å². The maximum Gasteiger partial charge on any atom is 0.195 e. The molecule has 0 aromatic carbocycles. The van der Waals surface area contributed by atoms with Crippen molar-refractivity contribution in [2.24, 2.45) is 11.3 Å². The van der Waals surface area contributed by atoms with E-state index in [2.05, 4.69) is 35.5 Å². The van der Waals surface area contributed by atoms with Crippen molar-refractivity contribution in [3.05, 3.63) is 11.1 Å². The minimum absolute atomic E-state index is 0.253. The second kappa shape index (κ2) is 3.19. The summed E-state index contributed by atoms with van der Waals surface area (Å²) in [5.41, 5.74) is 0.253. The first-order valence-corrected chi connectivity index (χ1v) is 5.52. The third kappa shape index (κ3) is 1.75. The Morgan fingerprint density at radius 2 is 2.21 bits per heavy atom. The van der Waals surface area contributed by atoms with E-state index in [1.54, 1.807) is 0 Å². The second-order valence-electron chi connectivity index (χ2n) is 5.22. The number of rotatable bonds is 2. The average molecular weight is 211 g/mol. The summed E-state index contributed by atoms with van der Waals surface area (Å²) < 4.78 is 2.87. The molecule has 0 radical (unpaired) electrons. The van der Waals surface area contributed by atoms with Gasteiger partial charge in [0.25, 0.3) is 0 Å². The largest absolute Gasteiger partial charge is 0.303 e. The Morgan fingerprint density at radius 1 is 1.57 bits per heavy atom. The normalized spacial score (nSPS) is 19.6. The first-order valence-electron chi connectivity index (χ1n) is 5.11. The molecule has 4 heteroatoms. The quantitative estimate of drug-likeness (QED) is 0.763. The molecule has 1 aliphatic rings. The van der Waals surface area contributed by atoms with E-state index in [-0.39, 0.29) is 5.41 Å². The minimum Gasteiger partial charge on any atom is -0.303 e. The van der Waals surface area contributed by atoms with Crippen LogP contribution in [0.2, 0.25) is 0 Å². The molecule has 1 aromatic heterocycles. The average Bonchev–Trinajstić information content (AvgIpc) is 2.76. The Labute approximate surface area is 89.5 Å². The van der Waals surface area contributed by atoms with Crippen LogP contribution in [0.3, 0.4) is 0 Å². The lowest BCUT2D eigenvalue weighted by molar-refractivity contribution is 0.212. The van der Waals surface area contributed by atoms with E-state index in [1.165, 1.54) is 12.8 Å². The van der Waals surface area contributed by atoms with Crippen LogP contribution in [-0.4, -0.2) is 14.8 Å². The monoisotopic (exact) mass is 211 g/mol. The van der Waals surface area contributed by atoms with E-state index in [4.69, 9.17) is 12.2 Å². The van der Waals surface area contributed by atoms with Crippen molar-refractivity contribution < 1.29 is 0 Å². The first-order chi connectivity index (χ1) is 6.50. The van der Waals surface area contributed by atoms with Crippen LogP contribution in [0.1, 0.15) is 39.7 Å². The smallest absolute Gasteiger partial charge is 0.195 e. The molecular formula is C10H17N3S. The molecular weight excluding hydrogens is 194 g/mol. The summed E-state index contributed by atoms with van der Waals surface area (Å²) in [6, 6.07) is 0.494. The van der Waals surface area contributed by atoms with E-state index >= 15 is 0 Å². The highest BCUT2D eigenvalue weighted by Gasteiger charge is 2.40. The molecule has 14 heavy (non-hydrogen) atoms. The van der Waals surface area contributed by atoms with Crippen molar-refractivity contribution in [2.45, 2.75) is 39.7 Å². The number of aromatic nitrogens is 3. The van der Waals surface area contributed by atoms with Gasteiger partial charge in [-0.15, -0.1) is 0 Å². The standard InChI is InChI=1S/C10H17N3S/c1-10(2,3)8(7-4-5-7)13-6-11-12-9(13)14/h6-8H,4-5H2,1-3H3,(H,12,14). The summed E-state index contributed by atoms with van der Waals surface area (Å²) in [7, 11) is 0. The Bertz CT molecular complexity index is 367. The highest BCUT2D eigenvalue weighted by atomic mass is 32.1. The van der Waals surface area contributed by atoms with Crippen molar-refractivity contribution in [3.63, 3.8) is 0 Å². The van der Waals surface area contributed by atoms with Crippen LogP contribution in [0, 0.1) is 16.1 Å². The molecule has 2 rings (SSSR count). The van der Waals surface area contributed by atoms with Crippen LogP contribution < -0.4 is 0 Å². The van der Waals surface area contributed by atoms with Gasteiger partial charge in [0.15, 0.2) is 4.77 Å². The minimum atomic E-state index is 0.253. The molecule has 1 saturated carbocycles. The van der Waals surface area contributed by atoms with Gasteiger partial charge in [-0.25, -0.2) is 0 Å². The summed E-state index contributed by atoms with van der Waals surface area (Å²) >= 11 is 5.22. The number of H-pyrrole nitrogens is 1. The van der Waals surface area contributed by atoms with Crippen LogP contribution in [0.4, 0.5) is 0 Å². The topological polar surface area (TPSA) is 33.6 Å². The van der Waals surface area contributed by atoms with Crippen LogP contribution >= 0.6 is 12.2 Å². The van der Waals surface area contributed by atoms with Crippen molar-refractivity contribution >= 4 is 12.2 Å². The summed E-state index contributed by atoms with van der Waals surface area (Å²) in [5, 5.41) is 6.83. The van der Waals surface area contributed by atoms with E-state index in [0.717, 1.165) is 10.7 Å². The zero-order chi connectivity index (χ0) is 10.3. The van der Waals surface area contributed by atoms with Crippen molar-refractivity contribution in [1.82, 2.24) is 14.8 Å². The third-order valence-electron chi connectivity index (χ3n) is 2.83. The molecule has 1 N–H and O–H groups in total. The lowest BCUT2D eigenvalue weighted by Crippen LogP contribution is -2.25. The SMILES string of the molecule is CC(C)(C)C(C1CC1)n1cn[nH]c1=S. The zero-order valence-corrected chi connectivity index (χ0v) is 9.77. The lowest BCUT2D eigenvalue weighted by Gasteiger charge is -2.31. The summed E-state index contributed by atoms with van der Waals surface area (Å²) in [5.74, 6) is 0.791. The fourth-order valence-corrected chi connectivity index (χ4v) is 2.43. The molecule has 0 spiro atoms. The maximum absolute atomic E-state index is 5.22. The van der Waals surface area contributed by atoms with Gasteiger partial charge in [-0.1, -0.05) is 20.8 Å². The van der Waals surface area contributed by atoms with E-state index in [0.29, 0.717) is 6.04 Å². The van der Waals surface area contributed by atoms with Gasteiger partial charge in [0.05, 0.1) is 0 Å². The van der Waals surface area contributed by atoms with Gasteiger partial charge in [-0.2, -0.15) is 5.10 Å². The van der Waals surface area contributed by atoms with Crippen LogP contribution in [0.25, 0.3) is 0 Å². The van der Waals surface area contributed by atoms with Gasteiger partial charge in [-0.05, 0) is 36.4 Å². The molecule has 1 fully saturated rings. The van der Waals surface area contributed by atoms with Gasteiger partial charge < -0.3 is 4.57 Å². The molecule has 1 unspecified atom stereocenters. The number of nitrogens with one attached hydrogen (secondary N) is 1. The number of aromatic amines is 1. The molecule has 3 nitrogen and oxygen atoms in total. The predicted molar refractivity (Wildman–Crippen MR) is 58.6 cm³/mol. The summed E-state index contributed by atoms with van der Waals surface area (Å²) in [6.45, 7) is 6.81. The van der Waals surface area contributed by atoms with E-state index < -0.39 is 0 Å². The van der Waals surface area contributed by atoms with Crippen LogP contribution in [-0.2, 0) is 0 Å². The highest BCUT2D eigenvalue weighted by Crippen LogP contribution is 2.48. The molecule has 1 atom stereocenters. The van der Waals surface area contributed by atoms with Gasteiger partial charge in [0, 0.05) is 6.04 Å². The maximum atomic E-state index is 5.22. The van der Waals surface area contributed by atoms with Crippen LogP contribution in [0.15, 0.2) is 6.33 Å². The third-order valence-corrected chi connectivity index (χ3v) is 3.13. The Balaban J connectivity index is 2.37. The molecule has 0 aliphatic heterocycles. The zero-order valence-electron chi connectivity index (χ0n) is 8.95. The van der Waals surface area contributed by atoms with Gasteiger partial charge >= 0.3 is 0 Å². The molecule has 0 amide bonds. The molecule has 0 saturated heterocycles. The van der Waals surface area contributed by atoms with Crippen molar-refractivity contribution in [3.8, 4) is 0 Å². The van der Waals surface area contributed by atoms with E-state index in [1.807, 2.05) is 6.33 Å².